The number of fused-ring (bicyclic) bond motifs is 1. The minimum Gasteiger partial charge on any atom is -1.00 e. The number of rotatable bonds is 0. The molecule has 1 radical (unpaired) electrons. The molecule has 0 bridgehead atoms. The third-order valence-electron chi connectivity index (χ3n) is 2.48. The molecule has 0 aliphatic heterocycles. The average Bonchev–Trinajstić information content (AvgIpc) is 2.45. The molecule has 0 heterocycles. The zero-order valence-electron chi connectivity index (χ0n) is 9.72. The summed E-state index contributed by atoms with van der Waals surface area (Å²) in [6.07, 6.45) is 0. The molecule has 0 nitrogen and oxygen atoms in total. The molecule has 0 spiro atoms. The molecular weight excluding hydrogens is 275 g/mol. The van der Waals surface area contributed by atoms with E-state index in [1.54, 1.807) is 0 Å². The van der Waals surface area contributed by atoms with Gasteiger partial charge in [-0.15, -0.1) is 40.6 Å². The molecule has 0 fully saturated rings. The van der Waals surface area contributed by atoms with Crippen LogP contribution in [0.4, 0.5) is 0 Å². The summed E-state index contributed by atoms with van der Waals surface area (Å²) >= 11 is 0. The van der Waals surface area contributed by atoms with Crippen molar-refractivity contribution in [1.82, 2.24) is 0 Å². The van der Waals surface area contributed by atoms with Crippen molar-refractivity contribution in [2.24, 2.45) is 0 Å². The Morgan fingerprint density at radius 1 is 1.00 bits per heavy atom. The Kier molecular flexibility index (Phi) is 7.81. The summed E-state index contributed by atoms with van der Waals surface area (Å²) in [6, 6.07) is 13.1. The van der Waals surface area contributed by atoms with Crippen LogP contribution in [-0.2, 0) is 27.1 Å². The molecule has 2 aromatic rings. The van der Waals surface area contributed by atoms with E-state index in [1.165, 1.54) is 16.3 Å². The number of hydrogen-bond donors (Lipinski definition) is 0. The first kappa shape index (κ1) is 18.5. The van der Waals surface area contributed by atoms with Gasteiger partial charge in [-0.1, -0.05) is 26.8 Å². The van der Waals surface area contributed by atoms with Crippen LogP contribution in [-0.4, -0.2) is 0 Å². The van der Waals surface area contributed by atoms with E-state index in [0.717, 1.165) is 0 Å². The van der Waals surface area contributed by atoms with E-state index in [4.69, 9.17) is 0 Å². The van der Waals surface area contributed by atoms with Crippen LogP contribution in [0.5, 0.6) is 0 Å². The molecule has 0 aliphatic rings. The maximum Gasteiger partial charge on any atom is 3.00 e. The predicted octanol–water partition coefficient (Wildman–Crippen LogP) is -2.14. The third-order valence-corrected chi connectivity index (χ3v) is 2.48. The van der Waals surface area contributed by atoms with Crippen molar-refractivity contribution in [1.29, 1.82) is 0 Å². The van der Waals surface area contributed by atoms with E-state index in [9.17, 15) is 0 Å². The van der Waals surface area contributed by atoms with Gasteiger partial charge in [0.1, 0.15) is 0 Å². The first-order valence-corrected chi connectivity index (χ1v) is 4.73. The molecule has 2 aromatic carbocycles. The largest absolute Gasteiger partial charge is 3.00 e. The van der Waals surface area contributed by atoms with E-state index >= 15 is 0 Å². The topological polar surface area (TPSA) is 0 Å². The third kappa shape index (κ3) is 3.85. The maximum atomic E-state index is 2.29. The average molecular weight is 290 g/mol. The Balaban J connectivity index is 0. The van der Waals surface area contributed by atoms with E-state index in [-0.39, 0.29) is 51.9 Å². The van der Waals surface area contributed by atoms with E-state index < -0.39 is 0 Å². The molecular formula is C13H15Cl2Ti. The first-order chi connectivity index (χ1) is 6.07. The zero-order chi connectivity index (χ0) is 9.47. The van der Waals surface area contributed by atoms with Crippen molar-refractivity contribution < 1.29 is 46.5 Å². The Morgan fingerprint density at radius 2 is 1.56 bits per heavy atom. The van der Waals surface area contributed by atoms with Gasteiger partial charge in [-0.3, -0.25) is 0 Å². The summed E-state index contributed by atoms with van der Waals surface area (Å²) in [5.74, 6) is 0. The van der Waals surface area contributed by atoms with Crippen molar-refractivity contribution in [3.63, 3.8) is 0 Å². The van der Waals surface area contributed by atoms with Gasteiger partial charge in [0.2, 0.25) is 0 Å². The van der Waals surface area contributed by atoms with Gasteiger partial charge in [0.15, 0.2) is 0 Å². The van der Waals surface area contributed by atoms with Crippen LogP contribution in [0.2, 0.25) is 0 Å². The van der Waals surface area contributed by atoms with Gasteiger partial charge in [-0.05, 0) is 5.41 Å². The number of benzene rings is 1. The van der Waals surface area contributed by atoms with Crippen molar-refractivity contribution in [3.05, 3.63) is 42.0 Å². The summed E-state index contributed by atoms with van der Waals surface area (Å²) in [6.45, 7) is 6.75. The monoisotopic (exact) mass is 289 g/mol. The second-order valence-corrected chi connectivity index (χ2v) is 4.62. The summed E-state index contributed by atoms with van der Waals surface area (Å²) in [5.41, 5.74) is 1.69. The van der Waals surface area contributed by atoms with Gasteiger partial charge in [-0.25, -0.2) is 0 Å². The van der Waals surface area contributed by atoms with Crippen molar-refractivity contribution >= 4 is 10.8 Å². The SMILES string of the molecule is CC(C)(C)c1cc2ccccc2[cH-]1.[Cl-].[Cl-].[Ti+3]. The van der Waals surface area contributed by atoms with Gasteiger partial charge >= 0.3 is 21.7 Å². The molecule has 0 unspecified atom stereocenters. The normalized spacial score (nSPS) is 9.94. The fraction of sp³-hybridized carbons (Fsp3) is 0.308. The maximum absolute atomic E-state index is 2.29. The first-order valence-electron chi connectivity index (χ1n) is 4.73. The molecule has 0 aromatic heterocycles. The van der Waals surface area contributed by atoms with Crippen LogP contribution in [0.3, 0.4) is 0 Å². The molecule has 3 heteroatoms. The Bertz CT molecular complexity index is 394. The van der Waals surface area contributed by atoms with E-state index in [1.807, 2.05) is 0 Å². The smallest absolute Gasteiger partial charge is 1.00 e. The van der Waals surface area contributed by atoms with Crippen LogP contribution >= 0.6 is 0 Å². The van der Waals surface area contributed by atoms with Crippen molar-refractivity contribution in [2.45, 2.75) is 26.2 Å². The summed E-state index contributed by atoms with van der Waals surface area (Å²) in [4.78, 5) is 0. The van der Waals surface area contributed by atoms with E-state index in [0.29, 0.717) is 0 Å². The fourth-order valence-electron chi connectivity index (χ4n) is 1.58. The number of halogens is 2. The predicted molar refractivity (Wildman–Crippen MR) is 58.2 cm³/mol. The molecule has 0 aliphatic carbocycles. The minimum absolute atomic E-state index is 0. The summed E-state index contributed by atoms with van der Waals surface area (Å²) in [7, 11) is 0. The molecule has 0 N–H and O–H groups in total. The zero-order valence-corrected chi connectivity index (χ0v) is 12.8. The van der Waals surface area contributed by atoms with Crippen LogP contribution in [0, 0.1) is 0 Å². The van der Waals surface area contributed by atoms with Gasteiger partial charge < -0.3 is 24.8 Å². The Morgan fingerprint density at radius 3 is 2.06 bits per heavy atom. The molecule has 85 valence electrons. The quantitative estimate of drug-likeness (QED) is 0.384. The van der Waals surface area contributed by atoms with E-state index in [2.05, 4.69) is 57.2 Å². The van der Waals surface area contributed by atoms with Gasteiger partial charge in [0.05, 0.1) is 0 Å². The van der Waals surface area contributed by atoms with Crippen molar-refractivity contribution in [2.75, 3.05) is 0 Å². The number of hydrogen-bond acceptors (Lipinski definition) is 0. The molecule has 16 heavy (non-hydrogen) atoms. The summed E-state index contributed by atoms with van der Waals surface area (Å²) in [5, 5.41) is 2.71. The Hall–Kier alpha value is 0.124. The second-order valence-electron chi connectivity index (χ2n) is 4.62. The van der Waals surface area contributed by atoms with Crippen molar-refractivity contribution in [3.8, 4) is 0 Å². The standard InChI is InChI=1S/C13H15.2ClH.Ti/c1-13(2,3)12-8-10-6-4-5-7-11(10)9-12;;;/h4-9H,1-3H3;2*1H;/q-1;;;+3/p-2. The molecule has 0 amide bonds. The van der Waals surface area contributed by atoms with Crippen LogP contribution in [0.1, 0.15) is 26.3 Å². The Labute approximate surface area is 125 Å². The summed E-state index contributed by atoms with van der Waals surface area (Å²) < 4.78 is 0. The van der Waals surface area contributed by atoms with Gasteiger partial charge in [-0.2, -0.15) is 6.07 Å². The molecule has 0 saturated heterocycles. The van der Waals surface area contributed by atoms with Crippen LogP contribution in [0.15, 0.2) is 36.4 Å². The van der Waals surface area contributed by atoms with Gasteiger partial charge in [0, 0.05) is 0 Å². The second kappa shape index (κ2) is 6.76. The molecule has 2 rings (SSSR count). The van der Waals surface area contributed by atoms with Crippen LogP contribution < -0.4 is 24.8 Å². The molecule has 0 atom stereocenters. The van der Waals surface area contributed by atoms with Gasteiger partial charge in [0.25, 0.3) is 0 Å². The minimum atomic E-state index is 0. The fourth-order valence-corrected chi connectivity index (χ4v) is 1.58. The van der Waals surface area contributed by atoms with Crippen LogP contribution in [0.25, 0.3) is 10.8 Å². The molecule has 0 saturated carbocycles.